The molecule has 3 N–H and O–H groups in total. The van der Waals surface area contributed by atoms with Crippen molar-refractivity contribution in [2.45, 2.75) is 58.7 Å². The van der Waals surface area contributed by atoms with Gasteiger partial charge < -0.3 is 30.5 Å². The van der Waals surface area contributed by atoms with E-state index in [9.17, 15) is 19.2 Å². The van der Waals surface area contributed by atoms with Crippen LogP contribution >= 0.6 is 0 Å². The standard InChI is InChI=1S/C32H43N5O5/c1-21(2)29(35-30(39)23(4)33-5)31(40)34-20-28(38)37-18-17-36(16-15-24-11-13-26(42-6)14-12-24)32(41)27(37)19-25-9-7-22(3)8-10-25/h7-14,17-18,21,23,27,29,33H,15-16,19-20H2,1-6H3,(H,34,40)(H,35,39)/t23-,27-,29-/m0/s1. The number of amides is 4. The molecule has 2 aromatic rings. The minimum absolute atomic E-state index is 0.195. The predicted molar refractivity (Wildman–Crippen MR) is 161 cm³/mol. The van der Waals surface area contributed by atoms with Crippen LogP contribution in [0, 0.1) is 12.8 Å². The van der Waals surface area contributed by atoms with E-state index in [2.05, 4.69) is 16.0 Å². The molecule has 1 aliphatic heterocycles. The monoisotopic (exact) mass is 577 g/mol. The minimum Gasteiger partial charge on any atom is -0.497 e. The van der Waals surface area contributed by atoms with Gasteiger partial charge in [-0.05, 0) is 56.5 Å². The number of hydrogen-bond acceptors (Lipinski definition) is 6. The maximum atomic E-state index is 13.7. The van der Waals surface area contributed by atoms with E-state index in [0.717, 1.165) is 22.4 Å². The van der Waals surface area contributed by atoms with E-state index in [1.54, 1.807) is 38.4 Å². The van der Waals surface area contributed by atoms with Gasteiger partial charge >= 0.3 is 0 Å². The number of likely N-dealkylation sites (N-methyl/N-ethyl adjacent to an activating group) is 1. The molecule has 0 saturated carbocycles. The molecule has 1 aliphatic rings. The van der Waals surface area contributed by atoms with E-state index < -0.39 is 29.9 Å². The van der Waals surface area contributed by atoms with Gasteiger partial charge in [0.1, 0.15) is 17.8 Å². The summed E-state index contributed by atoms with van der Waals surface area (Å²) in [5.74, 6) is -0.814. The molecule has 0 radical (unpaired) electrons. The highest BCUT2D eigenvalue weighted by Gasteiger charge is 2.35. The SMILES string of the molecule is CN[C@@H](C)C(=O)N[C@H](C(=O)NCC(=O)N1C=CN(CCc2ccc(OC)cc2)C(=O)[C@@H]1Cc1ccc(C)cc1)C(C)C. The van der Waals surface area contributed by atoms with Gasteiger partial charge in [0.05, 0.1) is 19.7 Å². The molecule has 0 fully saturated rings. The predicted octanol–water partition coefficient (Wildman–Crippen LogP) is 2.16. The van der Waals surface area contributed by atoms with Gasteiger partial charge in [-0.1, -0.05) is 55.8 Å². The summed E-state index contributed by atoms with van der Waals surface area (Å²) in [5, 5.41) is 8.25. The van der Waals surface area contributed by atoms with Gasteiger partial charge in [0.2, 0.25) is 23.6 Å². The zero-order valence-corrected chi connectivity index (χ0v) is 25.3. The molecule has 0 spiro atoms. The molecule has 0 unspecified atom stereocenters. The van der Waals surface area contributed by atoms with Crippen LogP contribution in [0.5, 0.6) is 5.75 Å². The van der Waals surface area contributed by atoms with Crippen molar-refractivity contribution in [1.82, 2.24) is 25.8 Å². The maximum Gasteiger partial charge on any atom is 0.250 e. The van der Waals surface area contributed by atoms with Crippen LogP contribution in [0.25, 0.3) is 0 Å². The lowest BCUT2D eigenvalue weighted by Crippen LogP contribution is -2.56. The van der Waals surface area contributed by atoms with E-state index in [1.165, 1.54) is 4.90 Å². The second-order valence-corrected chi connectivity index (χ2v) is 10.9. The summed E-state index contributed by atoms with van der Waals surface area (Å²) in [5.41, 5.74) is 3.08. The summed E-state index contributed by atoms with van der Waals surface area (Å²) >= 11 is 0. The number of carbonyl (C=O) groups excluding carboxylic acids is 4. The van der Waals surface area contributed by atoms with E-state index in [0.29, 0.717) is 19.4 Å². The minimum atomic E-state index is -0.809. The fourth-order valence-corrected chi connectivity index (χ4v) is 4.56. The van der Waals surface area contributed by atoms with Crippen LogP contribution in [0.4, 0.5) is 0 Å². The topological polar surface area (TPSA) is 120 Å². The lowest BCUT2D eigenvalue weighted by molar-refractivity contribution is -0.143. The average molecular weight is 578 g/mol. The van der Waals surface area contributed by atoms with Crippen molar-refractivity contribution in [2.75, 3.05) is 27.2 Å². The summed E-state index contributed by atoms with van der Waals surface area (Å²) in [6.45, 7) is 7.46. The third kappa shape index (κ3) is 8.66. The van der Waals surface area contributed by atoms with Crippen LogP contribution in [0.3, 0.4) is 0 Å². The molecule has 4 amide bonds. The Balaban J connectivity index is 1.73. The molecule has 3 atom stereocenters. The second-order valence-electron chi connectivity index (χ2n) is 10.9. The van der Waals surface area contributed by atoms with Crippen molar-refractivity contribution >= 4 is 23.6 Å². The Bertz CT molecular complexity index is 1260. The first-order chi connectivity index (χ1) is 20.0. The number of aryl methyl sites for hydroxylation is 1. The zero-order valence-electron chi connectivity index (χ0n) is 25.3. The molecular formula is C32H43N5O5. The lowest BCUT2D eigenvalue weighted by Gasteiger charge is -2.36. The third-order valence-corrected chi connectivity index (χ3v) is 7.44. The number of rotatable bonds is 13. The molecule has 10 nitrogen and oxygen atoms in total. The summed E-state index contributed by atoms with van der Waals surface area (Å²) in [6, 6.07) is 13.5. The molecule has 3 rings (SSSR count). The third-order valence-electron chi connectivity index (χ3n) is 7.44. The first kappa shape index (κ1) is 32.3. The lowest BCUT2D eigenvalue weighted by atomic mass is 10.0. The van der Waals surface area contributed by atoms with E-state index in [-0.39, 0.29) is 24.3 Å². The number of methoxy groups -OCH3 is 1. The summed E-state index contributed by atoms with van der Waals surface area (Å²) in [6.07, 6.45) is 4.19. The van der Waals surface area contributed by atoms with Gasteiger partial charge in [0.15, 0.2) is 0 Å². The molecule has 2 aromatic carbocycles. The van der Waals surface area contributed by atoms with Crippen LogP contribution in [-0.4, -0.2) is 78.8 Å². The average Bonchev–Trinajstić information content (AvgIpc) is 2.99. The summed E-state index contributed by atoms with van der Waals surface area (Å²) < 4.78 is 5.22. The van der Waals surface area contributed by atoms with Crippen LogP contribution in [0.1, 0.15) is 37.5 Å². The van der Waals surface area contributed by atoms with Gasteiger partial charge in [-0.3, -0.25) is 19.2 Å². The Morgan fingerprint density at radius 3 is 2.17 bits per heavy atom. The van der Waals surface area contributed by atoms with Crippen LogP contribution in [0.15, 0.2) is 60.9 Å². The molecular weight excluding hydrogens is 534 g/mol. The first-order valence-corrected chi connectivity index (χ1v) is 14.3. The Morgan fingerprint density at radius 2 is 1.57 bits per heavy atom. The highest BCUT2D eigenvalue weighted by molar-refractivity contribution is 5.94. The quantitative estimate of drug-likeness (QED) is 0.336. The second kappa shape index (κ2) is 15.2. The number of carbonyl (C=O) groups is 4. The fraction of sp³-hybridized carbons (Fsp3) is 0.438. The Labute approximate surface area is 248 Å². The van der Waals surface area contributed by atoms with Crippen LogP contribution < -0.4 is 20.7 Å². The Morgan fingerprint density at radius 1 is 0.929 bits per heavy atom. The van der Waals surface area contributed by atoms with Crippen LogP contribution in [-0.2, 0) is 32.0 Å². The fourth-order valence-electron chi connectivity index (χ4n) is 4.56. The van der Waals surface area contributed by atoms with E-state index in [1.807, 2.05) is 69.3 Å². The highest BCUT2D eigenvalue weighted by Crippen LogP contribution is 2.20. The Kier molecular flexibility index (Phi) is 11.7. The molecule has 0 aromatic heterocycles. The van der Waals surface area contributed by atoms with Crippen molar-refractivity contribution in [2.24, 2.45) is 5.92 Å². The van der Waals surface area contributed by atoms with Gasteiger partial charge in [0, 0.05) is 25.4 Å². The van der Waals surface area contributed by atoms with Crippen molar-refractivity contribution in [1.29, 1.82) is 0 Å². The summed E-state index contributed by atoms with van der Waals surface area (Å²) in [7, 11) is 3.28. The molecule has 10 heteroatoms. The van der Waals surface area contributed by atoms with Gasteiger partial charge in [0.25, 0.3) is 0 Å². The first-order valence-electron chi connectivity index (χ1n) is 14.3. The zero-order chi connectivity index (χ0) is 30.8. The van der Waals surface area contributed by atoms with Crippen molar-refractivity contribution in [3.63, 3.8) is 0 Å². The normalized spacial score (nSPS) is 16.3. The molecule has 1 heterocycles. The van der Waals surface area contributed by atoms with E-state index >= 15 is 0 Å². The molecule has 0 aliphatic carbocycles. The smallest absolute Gasteiger partial charge is 0.250 e. The van der Waals surface area contributed by atoms with Gasteiger partial charge in [-0.15, -0.1) is 0 Å². The number of benzene rings is 2. The highest BCUT2D eigenvalue weighted by atomic mass is 16.5. The molecule has 0 saturated heterocycles. The van der Waals surface area contributed by atoms with Gasteiger partial charge in [-0.2, -0.15) is 0 Å². The van der Waals surface area contributed by atoms with Gasteiger partial charge in [-0.25, -0.2) is 0 Å². The number of ether oxygens (including phenoxy) is 1. The molecule has 0 bridgehead atoms. The number of nitrogens with one attached hydrogen (secondary N) is 3. The van der Waals surface area contributed by atoms with Crippen molar-refractivity contribution in [3.8, 4) is 5.75 Å². The number of hydrogen-bond donors (Lipinski definition) is 3. The van der Waals surface area contributed by atoms with Crippen molar-refractivity contribution in [3.05, 3.63) is 77.6 Å². The molecule has 226 valence electrons. The Hall–Kier alpha value is -4.18. The molecule has 42 heavy (non-hydrogen) atoms. The largest absolute Gasteiger partial charge is 0.497 e. The summed E-state index contributed by atoms with van der Waals surface area (Å²) in [4.78, 5) is 55.5. The number of nitrogens with zero attached hydrogens (tertiary/aromatic N) is 2. The van der Waals surface area contributed by atoms with Crippen molar-refractivity contribution < 1.29 is 23.9 Å². The van der Waals surface area contributed by atoms with Crippen LogP contribution in [0.2, 0.25) is 0 Å². The maximum absolute atomic E-state index is 13.7. The van der Waals surface area contributed by atoms with E-state index in [4.69, 9.17) is 4.74 Å².